The maximum Gasteiger partial charge on any atom is 0.266 e. The molecule has 2 aromatic heterocycles. The zero-order valence-corrected chi connectivity index (χ0v) is 17.3. The summed E-state index contributed by atoms with van der Waals surface area (Å²) in [7, 11) is 0. The van der Waals surface area contributed by atoms with E-state index in [4.69, 9.17) is 0 Å². The minimum Gasteiger partial charge on any atom is -0.342 e. The first-order chi connectivity index (χ1) is 14.1. The summed E-state index contributed by atoms with van der Waals surface area (Å²) in [6, 6.07) is 17.3. The molecule has 1 aromatic carbocycles. The molecule has 2 atom stereocenters. The van der Waals surface area contributed by atoms with Gasteiger partial charge in [0.05, 0.1) is 10.8 Å². The maximum atomic E-state index is 13.0. The van der Waals surface area contributed by atoms with E-state index in [0.717, 1.165) is 35.5 Å². The van der Waals surface area contributed by atoms with Crippen LogP contribution in [0.4, 0.5) is 0 Å². The molecular weight excluding hydrogens is 382 g/mol. The zero-order chi connectivity index (χ0) is 20.2. The van der Waals surface area contributed by atoms with Crippen molar-refractivity contribution in [1.82, 2.24) is 14.7 Å². The lowest BCUT2D eigenvalue weighted by atomic mass is 9.94. The SMILES string of the molecule is C[C@H](C(=O)N1CCC[C@H](Cn2nc(-c3cccs3)ccc2=O)C1)c1ccccc1. The molecule has 3 heterocycles. The van der Waals surface area contributed by atoms with E-state index in [-0.39, 0.29) is 23.3 Å². The molecule has 0 saturated carbocycles. The van der Waals surface area contributed by atoms with Crippen molar-refractivity contribution < 1.29 is 4.79 Å². The normalized spacial score (nSPS) is 17.8. The van der Waals surface area contributed by atoms with Crippen molar-refractivity contribution in [3.8, 4) is 10.6 Å². The Morgan fingerprint density at radius 1 is 1.17 bits per heavy atom. The molecule has 6 heteroatoms. The van der Waals surface area contributed by atoms with Gasteiger partial charge in [0.15, 0.2) is 0 Å². The van der Waals surface area contributed by atoms with Crippen LogP contribution in [0.1, 0.15) is 31.2 Å². The van der Waals surface area contributed by atoms with E-state index in [1.807, 2.05) is 59.7 Å². The molecule has 150 valence electrons. The van der Waals surface area contributed by atoms with Gasteiger partial charge in [0, 0.05) is 25.7 Å². The number of carbonyl (C=O) groups excluding carboxylic acids is 1. The summed E-state index contributed by atoms with van der Waals surface area (Å²) in [4.78, 5) is 28.4. The van der Waals surface area contributed by atoms with Gasteiger partial charge in [-0.05, 0) is 48.8 Å². The molecule has 0 unspecified atom stereocenters. The second-order valence-electron chi connectivity index (χ2n) is 7.64. The monoisotopic (exact) mass is 407 g/mol. The van der Waals surface area contributed by atoms with E-state index in [1.54, 1.807) is 28.2 Å². The molecule has 29 heavy (non-hydrogen) atoms. The first-order valence-corrected chi connectivity index (χ1v) is 11.0. The van der Waals surface area contributed by atoms with Crippen LogP contribution in [0.15, 0.2) is 64.8 Å². The highest BCUT2D eigenvalue weighted by atomic mass is 32.1. The summed E-state index contributed by atoms with van der Waals surface area (Å²) in [5, 5.41) is 6.58. The van der Waals surface area contributed by atoms with E-state index >= 15 is 0 Å². The van der Waals surface area contributed by atoms with Crippen LogP contribution in [0.3, 0.4) is 0 Å². The molecule has 0 bridgehead atoms. The number of hydrogen-bond acceptors (Lipinski definition) is 4. The van der Waals surface area contributed by atoms with Crippen molar-refractivity contribution >= 4 is 17.2 Å². The molecule has 0 spiro atoms. The summed E-state index contributed by atoms with van der Waals surface area (Å²) >= 11 is 1.61. The number of piperidine rings is 1. The number of hydrogen-bond donors (Lipinski definition) is 0. The Hall–Kier alpha value is -2.73. The van der Waals surface area contributed by atoms with Gasteiger partial charge in [-0.1, -0.05) is 36.4 Å². The van der Waals surface area contributed by atoms with Crippen LogP contribution in [0.2, 0.25) is 0 Å². The number of carbonyl (C=O) groups is 1. The lowest BCUT2D eigenvalue weighted by Gasteiger charge is -2.34. The van der Waals surface area contributed by atoms with E-state index < -0.39 is 0 Å². The topological polar surface area (TPSA) is 55.2 Å². The summed E-state index contributed by atoms with van der Waals surface area (Å²) in [5.74, 6) is 0.242. The van der Waals surface area contributed by atoms with Crippen LogP contribution >= 0.6 is 11.3 Å². The molecule has 1 saturated heterocycles. The smallest absolute Gasteiger partial charge is 0.266 e. The lowest BCUT2D eigenvalue weighted by Crippen LogP contribution is -2.43. The van der Waals surface area contributed by atoms with Crippen molar-refractivity contribution in [3.05, 3.63) is 75.9 Å². The molecule has 4 rings (SSSR count). The summed E-state index contributed by atoms with van der Waals surface area (Å²) < 4.78 is 1.56. The number of rotatable bonds is 5. The van der Waals surface area contributed by atoms with Crippen molar-refractivity contribution in [2.24, 2.45) is 5.92 Å². The molecule has 1 amide bonds. The number of benzene rings is 1. The Kier molecular flexibility index (Phi) is 5.90. The fraction of sp³-hybridized carbons (Fsp3) is 0.348. The third-order valence-corrected chi connectivity index (χ3v) is 6.46. The Bertz CT molecular complexity index is 1010. The highest BCUT2D eigenvalue weighted by molar-refractivity contribution is 7.13. The molecule has 0 radical (unpaired) electrons. The van der Waals surface area contributed by atoms with E-state index in [0.29, 0.717) is 13.1 Å². The van der Waals surface area contributed by atoms with Gasteiger partial charge in [-0.15, -0.1) is 11.3 Å². The van der Waals surface area contributed by atoms with Gasteiger partial charge in [-0.2, -0.15) is 5.10 Å². The van der Waals surface area contributed by atoms with Gasteiger partial charge in [0.2, 0.25) is 5.91 Å². The fourth-order valence-electron chi connectivity index (χ4n) is 3.95. The Morgan fingerprint density at radius 3 is 2.76 bits per heavy atom. The quantitative estimate of drug-likeness (QED) is 0.642. The maximum absolute atomic E-state index is 13.0. The predicted molar refractivity (Wildman–Crippen MR) is 116 cm³/mol. The Labute approximate surface area is 174 Å². The van der Waals surface area contributed by atoms with E-state index in [9.17, 15) is 9.59 Å². The second-order valence-corrected chi connectivity index (χ2v) is 8.59. The average Bonchev–Trinajstić information content (AvgIpc) is 3.30. The number of nitrogens with zero attached hydrogens (tertiary/aromatic N) is 3. The molecular formula is C23H25N3O2S. The van der Waals surface area contributed by atoms with E-state index in [1.165, 1.54) is 0 Å². The standard InChI is InChI=1S/C23H25N3O2S/c1-17(19-8-3-2-4-9-19)23(28)25-13-5-7-18(15-25)16-26-22(27)12-11-20(24-26)21-10-6-14-29-21/h2-4,6,8-12,14,17-18H,5,7,13,15-16H2,1H3/t17-,18-/m0/s1. The van der Waals surface area contributed by atoms with Gasteiger partial charge >= 0.3 is 0 Å². The largest absolute Gasteiger partial charge is 0.342 e. The number of likely N-dealkylation sites (tertiary alicyclic amines) is 1. The predicted octanol–water partition coefficient (Wildman–Crippen LogP) is 4.01. The number of amides is 1. The summed E-state index contributed by atoms with van der Waals surface area (Å²) in [6.45, 7) is 3.97. The third kappa shape index (κ3) is 4.48. The fourth-order valence-corrected chi connectivity index (χ4v) is 4.64. The van der Waals surface area contributed by atoms with Crippen LogP contribution in [0.25, 0.3) is 10.6 Å². The Morgan fingerprint density at radius 2 is 2.00 bits per heavy atom. The molecule has 5 nitrogen and oxygen atoms in total. The summed E-state index contributed by atoms with van der Waals surface area (Å²) in [6.07, 6.45) is 1.96. The molecule has 1 aliphatic heterocycles. The van der Waals surface area contributed by atoms with Crippen molar-refractivity contribution in [2.75, 3.05) is 13.1 Å². The second kappa shape index (κ2) is 8.74. The number of thiophene rings is 1. The van der Waals surface area contributed by atoms with E-state index in [2.05, 4.69) is 5.10 Å². The first kappa shape index (κ1) is 19.6. The minimum absolute atomic E-state index is 0.0913. The van der Waals surface area contributed by atoms with Crippen LogP contribution in [0, 0.1) is 5.92 Å². The molecule has 1 fully saturated rings. The van der Waals surface area contributed by atoms with Gasteiger partial charge in [0.25, 0.3) is 5.56 Å². The van der Waals surface area contributed by atoms with Crippen molar-refractivity contribution in [3.63, 3.8) is 0 Å². The lowest BCUT2D eigenvalue weighted by molar-refractivity contribution is -0.134. The van der Waals surface area contributed by atoms with Crippen LogP contribution in [0.5, 0.6) is 0 Å². The van der Waals surface area contributed by atoms with Crippen molar-refractivity contribution in [1.29, 1.82) is 0 Å². The van der Waals surface area contributed by atoms with Gasteiger partial charge in [-0.3, -0.25) is 9.59 Å². The molecule has 0 N–H and O–H groups in total. The number of aromatic nitrogens is 2. The average molecular weight is 408 g/mol. The van der Waals surface area contributed by atoms with Gasteiger partial charge < -0.3 is 4.90 Å². The first-order valence-electron chi connectivity index (χ1n) is 10.1. The van der Waals surface area contributed by atoms with Crippen LogP contribution < -0.4 is 5.56 Å². The molecule has 0 aliphatic carbocycles. The highest BCUT2D eigenvalue weighted by Crippen LogP contribution is 2.24. The van der Waals surface area contributed by atoms with Crippen molar-refractivity contribution in [2.45, 2.75) is 32.2 Å². The van der Waals surface area contributed by atoms with Crippen LogP contribution in [-0.4, -0.2) is 33.7 Å². The van der Waals surface area contributed by atoms with Crippen LogP contribution in [-0.2, 0) is 11.3 Å². The minimum atomic E-state index is -0.155. The Balaban J connectivity index is 1.46. The summed E-state index contributed by atoms with van der Waals surface area (Å²) in [5.41, 5.74) is 1.77. The van der Waals surface area contributed by atoms with Gasteiger partial charge in [0.1, 0.15) is 5.69 Å². The van der Waals surface area contributed by atoms with Gasteiger partial charge in [-0.25, -0.2) is 4.68 Å². The third-order valence-electron chi connectivity index (χ3n) is 5.57. The molecule has 1 aliphatic rings. The highest BCUT2D eigenvalue weighted by Gasteiger charge is 2.28. The molecule has 3 aromatic rings. The zero-order valence-electron chi connectivity index (χ0n) is 16.5.